The van der Waals surface area contributed by atoms with Crippen molar-refractivity contribution < 1.29 is 18.8 Å². The number of ether oxygens (including phenoxy) is 1. The smallest absolute Gasteiger partial charge is 0.313 e. The molecule has 0 spiro atoms. The summed E-state index contributed by atoms with van der Waals surface area (Å²) in [6, 6.07) is 6.25. The Bertz CT molecular complexity index is 689. The molecule has 0 radical (unpaired) electrons. The maximum absolute atomic E-state index is 13.0. The maximum atomic E-state index is 13.0. The van der Waals surface area contributed by atoms with E-state index in [1.807, 2.05) is 5.43 Å². The van der Waals surface area contributed by atoms with Gasteiger partial charge >= 0.3 is 5.69 Å². The van der Waals surface area contributed by atoms with Crippen LogP contribution < -0.4 is 16.0 Å². The van der Waals surface area contributed by atoms with E-state index in [0.717, 1.165) is 23.5 Å². The van der Waals surface area contributed by atoms with E-state index in [2.05, 4.69) is 0 Å². The number of carbonyl (C=O) groups is 1. The molecule has 0 aliphatic rings. The van der Waals surface area contributed by atoms with E-state index in [1.54, 1.807) is 12.1 Å². The fraction of sp³-hybridized carbons (Fsp3) is 0.0833. The van der Waals surface area contributed by atoms with E-state index in [-0.39, 0.29) is 12.4 Å². The number of rotatable bonds is 5. The predicted octanol–water partition coefficient (Wildman–Crippen LogP) is 1.98. The van der Waals surface area contributed by atoms with Crippen LogP contribution in [0.5, 0.6) is 5.75 Å². The standard InChI is InChI=1S/C12H10FN3O4S/c13-7-1-3-10(9(5-7)16(18)19)20-6-8-2-4-11(21-8)12(17)15-14/h1-5H,6,14H2,(H,15,17). The first-order valence-corrected chi connectivity index (χ1v) is 6.49. The molecular formula is C12H10FN3O4S. The van der Waals surface area contributed by atoms with E-state index in [9.17, 15) is 19.3 Å². The SMILES string of the molecule is NNC(=O)c1ccc(COc2ccc(F)cc2[N+](=O)[O-])s1. The average Bonchev–Trinajstić information content (AvgIpc) is 2.93. The molecule has 1 amide bonds. The van der Waals surface area contributed by atoms with Crippen LogP contribution in [0.2, 0.25) is 0 Å². The average molecular weight is 311 g/mol. The Balaban J connectivity index is 2.11. The Labute approximate surface area is 122 Å². The van der Waals surface area contributed by atoms with Crippen molar-refractivity contribution in [1.82, 2.24) is 5.43 Å². The number of hydrazine groups is 1. The minimum Gasteiger partial charge on any atom is -0.481 e. The monoisotopic (exact) mass is 311 g/mol. The molecule has 1 heterocycles. The Kier molecular flexibility index (Phi) is 4.45. The summed E-state index contributed by atoms with van der Waals surface area (Å²) in [7, 11) is 0. The van der Waals surface area contributed by atoms with Gasteiger partial charge in [0, 0.05) is 4.88 Å². The number of nitrogens with zero attached hydrogens (tertiary/aromatic N) is 1. The Morgan fingerprint density at radius 1 is 1.43 bits per heavy atom. The highest BCUT2D eigenvalue weighted by Gasteiger charge is 2.17. The molecule has 0 aliphatic carbocycles. The molecule has 21 heavy (non-hydrogen) atoms. The molecule has 0 fully saturated rings. The molecular weight excluding hydrogens is 301 g/mol. The summed E-state index contributed by atoms with van der Waals surface area (Å²) in [6.45, 7) is 0.0228. The van der Waals surface area contributed by atoms with E-state index in [1.165, 1.54) is 6.07 Å². The second kappa shape index (κ2) is 6.29. The van der Waals surface area contributed by atoms with Crippen LogP contribution in [0.4, 0.5) is 10.1 Å². The van der Waals surface area contributed by atoms with Gasteiger partial charge in [-0.2, -0.15) is 0 Å². The van der Waals surface area contributed by atoms with E-state index >= 15 is 0 Å². The highest BCUT2D eigenvalue weighted by atomic mass is 32.1. The molecule has 3 N–H and O–H groups in total. The molecule has 7 nitrogen and oxygen atoms in total. The van der Waals surface area contributed by atoms with Crippen molar-refractivity contribution in [2.24, 2.45) is 5.84 Å². The molecule has 0 saturated heterocycles. The summed E-state index contributed by atoms with van der Waals surface area (Å²) in [5.41, 5.74) is 1.55. The normalized spacial score (nSPS) is 10.2. The van der Waals surface area contributed by atoms with Crippen LogP contribution in [0.1, 0.15) is 14.5 Å². The van der Waals surface area contributed by atoms with Crippen LogP contribution in [0.15, 0.2) is 30.3 Å². The molecule has 110 valence electrons. The number of nitrogen functional groups attached to an aromatic ring is 1. The van der Waals surface area contributed by atoms with Crippen molar-refractivity contribution in [1.29, 1.82) is 0 Å². The van der Waals surface area contributed by atoms with E-state index in [0.29, 0.717) is 9.75 Å². The zero-order valence-electron chi connectivity index (χ0n) is 10.5. The fourth-order valence-corrected chi connectivity index (χ4v) is 2.38. The lowest BCUT2D eigenvalue weighted by Crippen LogP contribution is -2.29. The molecule has 0 saturated carbocycles. The molecule has 0 atom stereocenters. The molecule has 1 aromatic heterocycles. The highest BCUT2D eigenvalue weighted by molar-refractivity contribution is 7.14. The van der Waals surface area contributed by atoms with Crippen molar-refractivity contribution in [3.8, 4) is 5.75 Å². The van der Waals surface area contributed by atoms with Crippen LogP contribution >= 0.6 is 11.3 Å². The molecule has 0 aliphatic heterocycles. The van der Waals surface area contributed by atoms with E-state index < -0.39 is 22.3 Å². The van der Waals surface area contributed by atoms with Crippen LogP contribution in [-0.2, 0) is 6.61 Å². The Morgan fingerprint density at radius 2 is 2.19 bits per heavy atom. The minimum atomic E-state index is -0.722. The summed E-state index contributed by atoms with van der Waals surface area (Å²) < 4.78 is 18.3. The first-order valence-electron chi connectivity index (χ1n) is 5.67. The number of thiophene rings is 1. The van der Waals surface area contributed by atoms with Gasteiger partial charge in [0.25, 0.3) is 5.91 Å². The summed E-state index contributed by atoms with van der Waals surface area (Å²) in [5, 5.41) is 10.8. The molecule has 1 aromatic carbocycles. The largest absolute Gasteiger partial charge is 0.481 e. The molecule has 2 aromatic rings. The van der Waals surface area contributed by atoms with Crippen LogP contribution in [-0.4, -0.2) is 10.8 Å². The van der Waals surface area contributed by atoms with Gasteiger partial charge in [0.2, 0.25) is 0 Å². The minimum absolute atomic E-state index is 0.0228. The number of carbonyl (C=O) groups excluding carboxylic acids is 1. The van der Waals surface area contributed by atoms with Gasteiger partial charge in [-0.25, -0.2) is 10.2 Å². The van der Waals surface area contributed by atoms with Crippen LogP contribution in [0.25, 0.3) is 0 Å². The van der Waals surface area contributed by atoms with Gasteiger partial charge in [0.1, 0.15) is 12.4 Å². The molecule has 9 heteroatoms. The Hall–Kier alpha value is -2.52. The lowest BCUT2D eigenvalue weighted by Gasteiger charge is -2.05. The van der Waals surface area contributed by atoms with Crippen molar-refractivity contribution in [2.45, 2.75) is 6.61 Å². The fourth-order valence-electron chi connectivity index (χ4n) is 1.55. The van der Waals surface area contributed by atoms with Crippen LogP contribution in [0, 0.1) is 15.9 Å². The lowest BCUT2D eigenvalue weighted by atomic mass is 10.3. The Morgan fingerprint density at radius 3 is 2.86 bits per heavy atom. The zero-order chi connectivity index (χ0) is 15.4. The second-order valence-electron chi connectivity index (χ2n) is 3.90. The van der Waals surface area contributed by atoms with Gasteiger partial charge in [-0.3, -0.25) is 20.3 Å². The summed E-state index contributed by atoms with van der Waals surface area (Å²) in [6.07, 6.45) is 0. The molecule has 0 unspecified atom stereocenters. The number of halogens is 1. The number of nitrogens with two attached hydrogens (primary N) is 1. The second-order valence-corrected chi connectivity index (χ2v) is 5.07. The van der Waals surface area contributed by atoms with Crippen molar-refractivity contribution in [3.05, 3.63) is 56.0 Å². The third-order valence-electron chi connectivity index (χ3n) is 2.50. The number of benzene rings is 1. The van der Waals surface area contributed by atoms with Gasteiger partial charge < -0.3 is 4.74 Å². The van der Waals surface area contributed by atoms with Crippen LogP contribution in [0.3, 0.4) is 0 Å². The third-order valence-corrected chi connectivity index (χ3v) is 3.56. The highest BCUT2D eigenvalue weighted by Crippen LogP contribution is 2.29. The summed E-state index contributed by atoms with van der Waals surface area (Å²) in [4.78, 5) is 22.4. The quantitative estimate of drug-likeness (QED) is 0.380. The number of hydrogen-bond acceptors (Lipinski definition) is 6. The van der Waals surface area contributed by atoms with Gasteiger partial charge in [0.15, 0.2) is 5.75 Å². The lowest BCUT2D eigenvalue weighted by molar-refractivity contribution is -0.386. The van der Waals surface area contributed by atoms with E-state index in [4.69, 9.17) is 10.6 Å². The number of nitro groups is 1. The summed E-state index contributed by atoms with van der Waals surface area (Å²) in [5.74, 6) is 3.82. The van der Waals surface area contributed by atoms with Gasteiger partial charge in [-0.15, -0.1) is 11.3 Å². The first kappa shape index (κ1) is 14.9. The number of hydrogen-bond donors (Lipinski definition) is 2. The van der Waals surface area contributed by atoms with Gasteiger partial charge in [-0.05, 0) is 24.3 Å². The number of nitrogens with one attached hydrogen (secondary N) is 1. The van der Waals surface area contributed by atoms with Crippen molar-refractivity contribution >= 4 is 22.9 Å². The van der Waals surface area contributed by atoms with Crippen molar-refractivity contribution in [3.63, 3.8) is 0 Å². The first-order chi connectivity index (χ1) is 10.0. The van der Waals surface area contributed by atoms with Gasteiger partial charge in [-0.1, -0.05) is 0 Å². The third kappa shape index (κ3) is 3.52. The zero-order valence-corrected chi connectivity index (χ0v) is 11.4. The number of nitro benzene ring substituents is 1. The maximum Gasteiger partial charge on any atom is 0.313 e. The topological polar surface area (TPSA) is 107 Å². The van der Waals surface area contributed by atoms with Crippen molar-refractivity contribution in [2.75, 3.05) is 0 Å². The molecule has 0 bridgehead atoms. The van der Waals surface area contributed by atoms with Gasteiger partial charge in [0.05, 0.1) is 15.9 Å². The molecule has 2 rings (SSSR count). The number of amides is 1. The summed E-state index contributed by atoms with van der Waals surface area (Å²) >= 11 is 1.14. The predicted molar refractivity (Wildman–Crippen MR) is 73.4 cm³/mol.